The van der Waals surface area contributed by atoms with Crippen LogP contribution in [0, 0.1) is 17.3 Å². The van der Waals surface area contributed by atoms with Gasteiger partial charge in [-0.3, -0.25) is 4.79 Å². The van der Waals surface area contributed by atoms with E-state index in [1.54, 1.807) is 0 Å². The van der Waals surface area contributed by atoms with E-state index in [0.29, 0.717) is 18.4 Å². The summed E-state index contributed by atoms with van der Waals surface area (Å²) in [6, 6.07) is 0.341. The summed E-state index contributed by atoms with van der Waals surface area (Å²) in [4.78, 5) is 11.3. The topological polar surface area (TPSA) is 69.6 Å². The van der Waals surface area contributed by atoms with Gasteiger partial charge in [-0.25, -0.2) is 0 Å². The molecule has 1 aliphatic carbocycles. The van der Waals surface area contributed by atoms with E-state index in [0.717, 1.165) is 19.4 Å². The molecule has 0 aliphatic heterocycles. The summed E-state index contributed by atoms with van der Waals surface area (Å²) in [7, 11) is 0. The number of hydrogen-bond acceptors (Lipinski definition) is 3. The predicted molar refractivity (Wildman–Crippen MR) is 76.0 cm³/mol. The number of nitrogens with one attached hydrogen (secondary N) is 1. The number of carboxylic acids is 1. The van der Waals surface area contributed by atoms with Crippen LogP contribution in [0.1, 0.15) is 53.9 Å². The molecule has 19 heavy (non-hydrogen) atoms. The number of rotatable bonds is 5. The molecule has 1 saturated carbocycles. The Morgan fingerprint density at radius 1 is 1.37 bits per heavy atom. The first-order chi connectivity index (χ1) is 8.55. The smallest absolute Gasteiger partial charge is 0.307 e. The van der Waals surface area contributed by atoms with Gasteiger partial charge in [0.1, 0.15) is 0 Å². The van der Waals surface area contributed by atoms with Crippen molar-refractivity contribution in [1.82, 2.24) is 5.32 Å². The van der Waals surface area contributed by atoms with Crippen molar-refractivity contribution in [3.05, 3.63) is 0 Å². The summed E-state index contributed by atoms with van der Waals surface area (Å²) >= 11 is 0. The fraction of sp³-hybridized carbons (Fsp3) is 0.933. The van der Waals surface area contributed by atoms with Gasteiger partial charge in [0.25, 0.3) is 0 Å². The third kappa shape index (κ3) is 4.18. The van der Waals surface area contributed by atoms with Gasteiger partial charge in [-0.05, 0) is 51.0 Å². The molecular formula is C15H29NO3. The van der Waals surface area contributed by atoms with Gasteiger partial charge in [-0.15, -0.1) is 0 Å². The largest absolute Gasteiger partial charge is 0.481 e. The zero-order valence-electron chi connectivity index (χ0n) is 12.9. The Morgan fingerprint density at radius 2 is 1.95 bits per heavy atom. The lowest BCUT2D eigenvalue weighted by Gasteiger charge is -2.46. The van der Waals surface area contributed by atoms with Crippen molar-refractivity contribution in [3.63, 3.8) is 0 Å². The van der Waals surface area contributed by atoms with E-state index < -0.39 is 11.6 Å². The van der Waals surface area contributed by atoms with Gasteiger partial charge in [0, 0.05) is 6.04 Å². The lowest BCUT2D eigenvalue weighted by Crippen LogP contribution is -2.51. The molecule has 0 amide bonds. The number of aliphatic carboxylic acids is 1. The van der Waals surface area contributed by atoms with Crippen molar-refractivity contribution < 1.29 is 15.0 Å². The van der Waals surface area contributed by atoms with Crippen molar-refractivity contribution >= 4 is 5.97 Å². The summed E-state index contributed by atoms with van der Waals surface area (Å²) in [5.74, 6) is -0.620. The van der Waals surface area contributed by atoms with Crippen LogP contribution >= 0.6 is 0 Å². The first-order valence-corrected chi connectivity index (χ1v) is 7.24. The monoisotopic (exact) mass is 271 g/mol. The van der Waals surface area contributed by atoms with E-state index in [1.165, 1.54) is 0 Å². The van der Waals surface area contributed by atoms with Crippen LogP contribution in [0.4, 0.5) is 0 Å². The minimum absolute atomic E-state index is 0.198. The van der Waals surface area contributed by atoms with Crippen molar-refractivity contribution in [3.8, 4) is 0 Å². The molecule has 0 aromatic carbocycles. The SMILES string of the molecule is CC1C(NCCC(C)(C)O)CCC(C(=O)O)C1(C)C. The molecule has 0 saturated heterocycles. The fourth-order valence-corrected chi connectivity index (χ4v) is 3.09. The Kier molecular flexibility index (Phi) is 5.02. The Hall–Kier alpha value is -0.610. The van der Waals surface area contributed by atoms with E-state index in [9.17, 15) is 15.0 Å². The van der Waals surface area contributed by atoms with Crippen LogP contribution in [-0.4, -0.2) is 34.4 Å². The van der Waals surface area contributed by atoms with Crippen LogP contribution < -0.4 is 5.32 Å². The summed E-state index contributed by atoms with van der Waals surface area (Å²) < 4.78 is 0. The third-order valence-corrected chi connectivity index (χ3v) is 4.88. The van der Waals surface area contributed by atoms with Crippen LogP contribution in [0.25, 0.3) is 0 Å². The molecule has 3 unspecified atom stereocenters. The Morgan fingerprint density at radius 3 is 2.42 bits per heavy atom. The first kappa shape index (κ1) is 16.4. The predicted octanol–water partition coefficient (Wildman–Crippen LogP) is 2.26. The maximum absolute atomic E-state index is 11.3. The Bertz CT molecular complexity index is 320. The van der Waals surface area contributed by atoms with E-state index >= 15 is 0 Å². The maximum atomic E-state index is 11.3. The second-order valence-electron chi connectivity index (χ2n) is 7.20. The van der Waals surface area contributed by atoms with E-state index in [-0.39, 0.29) is 11.3 Å². The van der Waals surface area contributed by atoms with Crippen LogP contribution in [0.3, 0.4) is 0 Å². The molecule has 4 heteroatoms. The summed E-state index contributed by atoms with van der Waals surface area (Å²) in [5, 5.41) is 22.5. The molecule has 112 valence electrons. The van der Waals surface area contributed by atoms with Gasteiger partial charge in [0.2, 0.25) is 0 Å². The quantitative estimate of drug-likeness (QED) is 0.717. The second kappa shape index (κ2) is 5.80. The van der Waals surface area contributed by atoms with E-state index in [4.69, 9.17) is 0 Å². The van der Waals surface area contributed by atoms with Gasteiger partial charge in [-0.2, -0.15) is 0 Å². The van der Waals surface area contributed by atoms with Crippen molar-refractivity contribution in [2.45, 2.75) is 65.5 Å². The van der Waals surface area contributed by atoms with Gasteiger partial charge in [0.05, 0.1) is 11.5 Å². The summed E-state index contributed by atoms with van der Waals surface area (Å²) in [6.45, 7) is 10.6. The highest BCUT2D eigenvalue weighted by Crippen LogP contribution is 2.45. The number of carboxylic acid groups (broad SMARTS) is 1. The lowest BCUT2D eigenvalue weighted by molar-refractivity contribution is -0.150. The number of carbonyl (C=O) groups is 1. The number of aliphatic hydroxyl groups is 1. The second-order valence-corrected chi connectivity index (χ2v) is 7.20. The molecule has 1 fully saturated rings. The van der Waals surface area contributed by atoms with E-state index in [2.05, 4.69) is 26.1 Å². The first-order valence-electron chi connectivity index (χ1n) is 7.24. The van der Waals surface area contributed by atoms with Crippen molar-refractivity contribution in [2.75, 3.05) is 6.54 Å². The molecule has 0 spiro atoms. The van der Waals surface area contributed by atoms with E-state index in [1.807, 2.05) is 13.8 Å². The lowest BCUT2D eigenvalue weighted by atomic mass is 9.61. The average Bonchev–Trinajstić information content (AvgIpc) is 2.22. The molecule has 3 atom stereocenters. The van der Waals surface area contributed by atoms with Crippen LogP contribution in [0.5, 0.6) is 0 Å². The summed E-state index contributed by atoms with van der Waals surface area (Å²) in [6.07, 6.45) is 2.33. The standard InChI is InChI=1S/C15H29NO3/c1-10-12(16-9-8-14(2,3)19)7-6-11(13(17)18)15(10,4)5/h10-12,16,19H,6-9H2,1-5H3,(H,17,18). The molecule has 0 aromatic rings. The molecule has 0 bridgehead atoms. The molecule has 1 aliphatic rings. The van der Waals surface area contributed by atoms with Gasteiger partial charge in [0.15, 0.2) is 0 Å². The molecule has 4 nitrogen and oxygen atoms in total. The van der Waals surface area contributed by atoms with Gasteiger partial charge in [-0.1, -0.05) is 20.8 Å². The highest BCUT2D eigenvalue weighted by atomic mass is 16.4. The van der Waals surface area contributed by atoms with Crippen LogP contribution in [-0.2, 0) is 4.79 Å². The zero-order chi connectivity index (χ0) is 14.8. The fourth-order valence-electron chi connectivity index (χ4n) is 3.09. The molecule has 3 N–H and O–H groups in total. The van der Waals surface area contributed by atoms with Crippen molar-refractivity contribution in [1.29, 1.82) is 0 Å². The molecule has 0 aromatic heterocycles. The minimum atomic E-state index is -0.674. The maximum Gasteiger partial charge on any atom is 0.307 e. The zero-order valence-corrected chi connectivity index (χ0v) is 12.9. The minimum Gasteiger partial charge on any atom is -0.481 e. The number of hydrogen-bond donors (Lipinski definition) is 3. The highest BCUT2D eigenvalue weighted by Gasteiger charge is 2.45. The summed E-state index contributed by atoms with van der Waals surface area (Å²) in [5.41, 5.74) is -0.847. The molecule has 0 heterocycles. The highest BCUT2D eigenvalue weighted by molar-refractivity contribution is 5.71. The van der Waals surface area contributed by atoms with Gasteiger partial charge < -0.3 is 15.5 Å². The third-order valence-electron chi connectivity index (χ3n) is 4.88. The average molecular weight is 271 g/mol. The normalized spacial score (nSPS) is 31.2. The molecule has 1 rings (SSSR count). The Labute approximate surface area is 116 Å². The molecule has 0 radical (unpaired) electrons. The van der Waals surface area contributed by atoms with Crippen molar-refractivity contribution in [2.24, 2.45) is 17.3 Å². The van der Waals surface area contributed by atoms with Gasteiger partial charge >= 0.3 is 5.97 Å². The Balaban J connectivity index is 2.58. The van der Waals surface area contributed by atoms with Crippen LogP contribution in [0.2, 0.25) is 0 Å². The molecular weight excluding hydrogens is 242 g/mol. The van der Waals surface area contributed by atoms with Crippen LogP contribution in [0.15, 0.2) is 0 Å².